The van der Waals surface area contributed by atoms with Crippen LogP contribution in [0.25, 0.3) is 0 Å². The second-order valence-electron chi connectivity index (χ2n) is 4.14. The Hall–Kier alpha value is -1.66. The van der Waals surface area contributed by atoms with Gasteiger partial charge in [-0.05, 0) is 18.9 Å². The molecule has 0 spiro atoms. The van der Waals surface area contributed by atoms with E-state index in [1.165, 1.54) is 6.07 Å². The number of halogens is 1. The van der Waals surface area contributed by atoms with Crippen molar-refractivity contribution in [3.8, 4) is 0 Å². The summed E-state index contributed by atoms with van der Waals surface area (Å²) in [6, 6.07) is 4.56. The number of benzene rings is 1. The van der Waals surface area contributed by atoms with E-state index in [0.29, 0.717) is 37.6 Å². The Bertz CT molecular complexity index is 479. The molecule has 20 heavy (non-hydrogen) atoms. The Morgan fingerprint density at radius 1 is 1.45 bits per heavy atom. The number of nitro benzene ring substituents is 1. The predicted octanol–water partition coefficient (Wildman–Crippen LogP) is 2.28. The molecule has 0 aromatic heterocycles. The number of hydrogen-bond acceptors (Lipinski definition) is 4. The molecule has 1 rings (SSSR count). The molecule has 0 radical (unpaired) electrons. The van der Waals surface area contributed by atoms with Gasteiger partial charge in [0.25, 0.3) is 11.6 Å². The Balaban J connectivity index is 2.57. The predicted molar refractivity (Wildman–Crippen MR) is 76.3 cm³/mol. The molecule has 0 unspecified atom stereocenters. The zero-order valence-electron chi connectivity index (χ0n) is 11.2. The van der Waals surface area contributed by atoms with Crippen molar-refractivity contribution in [1.29, 1.82) is 0 Å². The van der Waals surface area contributed by atoms with Gasteiger partial charge in [-0.2, -0.15) is 0 Å². The van der Waals surface area contributed by atoms with E-state index in [-0.39, 0.29) is 11.3 Å². The highest BCUT2D eigenvalue weighted by Gasteiger charge is 2.21. The molecule has 0 bridgehead atoms. The number of hydrogen-bond donors (Lipinski definition) is 1. The molecule has 0 fully saturated rings. The van der Waals surface area contributed by atoms with Gasteiger partial charge < -0.3 is 10.1 Å². The molecular formula is C13H17ClN2O4. The molecule has 0 aliphatic rings. The van der Waals surface area contributed by atoms with E-state index in [1.807, 2.05) is 0 Å². The summed E-state index contributed by atoms with van der Waals surface area (Å²) < 4.78 is 5.16. The third kappa shape index (κ3) is 4.79. The largest absolute Gasteiger partial charge is 0.380 e. The highest BCUT2D eigenvalue weighted by atomic mass is 35.5. The van der Waals surface area contributed by atoms with E-state index in [4.69, 9.17) is 16.3 Å². The summed E-state index contributed by atoms with van der Waals surface area (Å²) in [5, 5.41) is 13.6. The van der Waals surface area contributed by atoms with Gasteiger partial charge in [0.2, 0.25) is 0 Å². The number of ether oxygens (including phenoxy) is 1. The summed E-state index contributed by atoms with van der Waals surface area (Å²) in [7, 11) is 0. The lowest BCUT2D eigenvalue weighted by Gasteiger charge is -2.08. The van der Waals surface area contributed by atoms with Gasteiger partial charge in [0.05, 0.1) is 11.5 Å². The number of nitro groups is 1. The van der Waals surface area contributed by atoms with Gasteiger partial charge in [0.1, 0.15) is 5.56 Å². The van der Waals surface area contributed by atoms with Crippen LogP contribution in [0.15, 0.2) is 18.2 Å². The van der Waals surface area contributed by atoms with Gasteiger partial charge in [0.15, 0.2) is 0 Å². The molecule has 7 heteroatoms. The van der Waals surface area contributed by atoms with Crippen LogP contribution in [0, 0.1) is 17.0 Å². The van der Waals surface area contributed by atoms with Gasteiger partial charge >= 0.3 is 0 Å². The van der Waals surface area contributed by atoms with Crippen LogP contribution in [0.4, 0.5) is 5.69 Å². The van der Waals surface area contributed by atoms with Crippen molar-refractivity contribution in [3.05, 3.63) is 39.4 Å². The first-order valence-corrected chi connectivity index (χ1v) is 6.77. The second kappa shape index (κ2) is 8.50. The Kier molecular flexibility index (Phi) is 6.97. The number of nitrogens with one attached hydrogen (secondary N) is 1. The van der Waals surface area contributed by atoms with Crippen LogP contribution < -0.4 is 5.32 Å². The smallest absolute Gasteiger partial charge is 0.282 e. The average Bonchev–Trinajstić information content (AvgIpc) is 2.42. The molecule has 0 saturated heterocycles. The topological polar surface area (TPSA) is 81.5 Å². The van der Waals surface area contributed by atoms with Crippen LogP contribution in [-0.4, -0.2) is 36.5 Å². The van der Waals surface area contributed by atoms with E-state index in [0.717, 1.165) is 0 Å². The number of carbonyl (C=O) groups excluding carboxylic acids is 1. The molecule has 1 N–H and O–H groups in total. The molecule has 6 nitrogen and oxygen atoms in total. The zero-order chi connectivity index (χ0) is 15.0. The third-order valence-electron chi connectivity index (χ3n) is 2.65. The summed E-state index contributed by atoms with van der Waals surface area (Å²) in [5.74, 6) is -0.00552. The summed E-state index contributed by atoms with van der Waals surface area (Å²) in [4.78, 5) is 22.4. The van der Waals surface area contributed by atoms with Gasteiger partial charge in [-0.1, -0.05) is 12.1 Å². The third-order valence-corrected chi connectivity index (χ3v) is 2.80. The lowest BCUT2D eigenvalue weighted by atomic mass is 10.1. The fourth-order valence-corrected chi connectivity index (χ4v) is 1.83. The number of amides is 1. The van der Waals surface area contributed by atoms with Gasteiger partial charge in [-0.15, -0.1) is 11.6 Å². The fourth-order valence-electron chi connectivity index (χ4n) is 1.72. The van der Waals surface area contributed by atoms with Crippen molar-refractivity contribution >= 4 is 23.2 Å². The maximum atomic E-state index is 12.0. The summed E-state index contributed by atoms with van der Waals surface area (Å²) in [6.07, 6.45) is 0.627. The van der Waals surface area contributed by atoms with Crippen molar-refractivity contribution in [2.24, 2.45) is 0 Å². The molecule has 0 heterocycles. The molecule has 0 aliphatic carbocycles. The van der Waals surface area contributed by atoms with E-state index in [2.05, 4.69) is 5.32 Å². The van der Waals surface area contributed by atoms with Crippen LogP contribution in [0.5, 0.6) is 0 Å². The summed E-state index contributed by atoms with van der Waals surface area (Å²) in [5.41, 5.74) is 0.509. The number of rotatable bonds is 8. The monoisotopic (exact) mass is 300 g/mol. The SMILES string of the molecule is Cc1cccc([N+](=O)[O-])c1C(=O)NCCCOCCCl. The standard InChI is InChI=1S/C13H17ClN2O4/c1-10-4-2-5-11(16(18)19)12(10)13(17)15-7-3-8-20-9-6-14/h2,4-5H,3,6-9H2,1H3,(H,15,17). The highest BCUT2D eigenvalue weighted by molar-refractivity contribution is 6.17. The lowest BCUT2D eigenvalue weighted by Crippen LogP contribution is -2.26. The zero-order valence-corrected chi connectivity index (χ0v) is 12.0. The maximum absolute atomic E-state index is 12.0. The van der Waals surface area contributed by atoms with Crippen LogP contribution in [0.3, 0.4) is 0 Å². The van der Waals surface area contributed by atoms with Crippen LogP contribution in [0.1, 0.15) is 22.3 Å². The number of carbonyl (C=O) groups is 1. The van der Waals surface area contributed by atoms with Crippen LogP contribution in [0.2, 0.25) is 0 Å². The van der Waals surface area contributed by atoms with Crippen molar-refractivity contribution in [2.45, 2.75) is 13.3 Å². The summed E-state index contributed by atoms with van der Waals surface area (Å²) >= 11 is 5.45. The first-order chi connectivity index (χ1) is 9.57. The molecule has 0 atom stereocenters. The highest BCUT2D eigenvalue weighted by Crippen LogP contribution is 2.21. The van der Waals surface area contributed by atoms with Crippen molar-refractivity contribution in [2.75, 3.05) is 25.6 Å². The Labute approximate surface area is 122 Å². The molecule has 0 aliphatic heterocycles. The number of alkyl halides is 1. The molecular weight excluding hydrogens is 284 g/mol. The normalized spacial score (nSPS) is 10.3. The first-order valence-electron chi connectivity index (χ1n) is 6.24. The van der Waals surface area contributed by atoms with Crippen molar-refractivity contribution < 1.29 is 14.5 Å². The fraction of sp³-hybridized carbons (Fsp3) is 0.462. The lowest BCUT2D eigenvalue weighted by molar-refractivity contribution is -0.385. The first kappa shape index (κ1) is 16.4. The minimum Gasteiger partial charge on any atom is -0.380 e. The van der Waals surface area contributed by atoms with E-state index in [1.54, 1.807) is 19.1 Å². The molecule has 110 valence electrons. The average molecular weight is 301 g/mol. The Morgan fingerprint density at radius 2 is 2.20 bits per heavy atom. The van der Waals surface area contributed by atoms with Crippen molar-refractivity contribution in [1.82, 2.24) is 5.32 Å². The Morgan fingerprint density at radius 3 is 2.85 bits per heavy atom. The van der Waals surface area contributed by atoms with Gasteiger partial charge in [-0.3, -0.25) is 14.9 Å². The van der Waals surface area contributed by atoms with Crippen LogP contribution >= 0.6 is 11.6 Å². The van der Waals surface area contributed by atoms with Gasteiger partial charge in [-0.25, -0.2) is 0 Å². The van der Waals surface area contributed by atoms with Gasteiger partial charge in [0, 0.05) is 25.1 Å². The maximum Gasteiger partial charge on any atom is 0.282 e. The number of aryl methyl sites for hydroxylation is 1. The minimum absolute atomic E-state index is 0.110. The number of nitrogens with zero attached hydrogens (tertiary/aromatic N) is 1. The second-order valence-corrected chi connectivity index (χ2v) is 4.51. The van der Waals surface area contributed by atoms with Crippen molar-refractivity contribution in [3.63, 3.8) is 0 Å². The van der Waals surface area contributed by atoms with E-state index < -0.39 is 10.8 Å². The summed E-state index contributed by atoms with van der Waals surface area (Å²) in [6.45, 7) is 3.03. The quantitative estimate of drug-likeness (QED) is 0.345. The van der Waals surface area contributed by atoms with E-state index >= 15 is 0 Å². The minimum atomic E-state index is -0.550. The van der Waals surface area contributed by atoms with E-state index in [9.17, 15) is 14.9 Å². The molecule has 1 aromatic rings. The molecule has 1 amide bonds. The molecule has 0 saturated carbocycles. The van der Waals surface area contributed by atoms with Crippen LogP contribution in [-0.2, 0) is 4.74 Å². The molecule has 1 aromatic carbocycles.